The molecule has 2 atom stereocenters. The third-order valence-electron chi connectivity index (χ3n) is 7.46. The summed E-state index contributed by atoms with van der Waals surface area (Å²) in [6.45, 7) is 5.54. The normalized spacial score (nSPS) is 21.9. The van der Waals surface area contributed by atoms with Crippen LogP contribution >= 0.6 is 11.6 Å². The maximum Gasteiger partial charge on any atom is 0.407 e. The summed E-state index contributed by atoms with van der Waals surface area (Å²) in [5.74, 6) is -2.26. The van der Waals surface area contributed by atoms with Gasteiger partial charge in [-0.2, -0.15) is 0 Å². The van der Waals surface area contributed by atoms with Gasteiger partial charge in [-0.3, -0.25) is 0 Å². The van der Waals surface area contributed by atoms with Gasteiger partial charge in [0.1, 0.15) is 6.10 Å². The van der Waals surface area contributed by atoms with E-state index >= 15 is 8.78 Å². The molecule has 0 spiro atoms. The second kappa shape index (κ2) is 9.01. The summed E-state index contributed by atoms with van der Waals surface area (Å²) >= 11 is 6.25. The number of anilines is 1. The van der Waals surface area contributed by atoms with Crippen molar-refractivity contribution >= 4 is 34.3 Å². The summed E-state index contributed by atoms with van der Waals surface area (Å²) in [4.78, 5) is 15.8. The number of H-pyrrole nitrogens is 1. The quantitative estimate of drug-likeness (QED) is 0.348. The zero-order valence-electron chi connectivity index (χ0n) is 20.1. The van der Waals surface area contributed by atoms with Gasteiger partial charge >= 0.3 is 6.09 Å². The fourth-order valence-corrected chi connectivity index (χ4v) is 5.88. The van der Waals surface area contributed by atoms with Crippen molar-refractivity contribution in [3.63, 3.8) is 0 Å². The largest absolute Gasteiger partial charge is 0.443 e. The van der Waals surface area contributed by atoms with E-state index in [4.69, 9.17) is 16.3 Å². The first kappa shape index (κ1) is 23.9. The fraction of sp³-hybridized carbons (Fsp3) is 0.444. The van der Waals surface area contributed by atoms with Crippen molar-refractivity contribution in [1.29, 1.82) is 0 Å². The van der Waals surface area contributed by atoms with Crippen molar-refractivity contribution in [3.05, 3.63) is 52.7 Å². The monoisotopic (exact) mass is 501 g/mol. The minimum Gasteiger partial charge on any atom is -0.443 e. The molecule has 5 rings (SSSR count). The van der Waals surface area contributed by atoms with E-state index in [-0.39, 0.29) is 23.2 Å². The molecule has 1 unspecified atom stereocenters. The molecule has 186 valence electrons. The highest BCUT2D eigenvalue weighted by atomic mass is 35.5. The van der Waals surface area contributed by atoms with Gasteiger partial charge in [-0.15, -0.1) is 0 Å². The summed E-state index contributed by atoms with van der Waals surface area (Å²) in [6.07, 6.45) is 5.84. The predicted molar refractivity (Wildman–Crippen MR) is 135 cm³/mol. The number of carbonyl (C=O) groups is 1. The molecule has 0 bridgehead atoms. The number of rotatable bonds is 3. The highest BCUT2D eigenvalue weighted by Crippen LogP contribution is 2.45. The van der Waals surface area contributed by atoms with Gasteiger partial charge in [0.15, 0.2) is 11.6 Å². The topological polar surface area (TPSA) is 66.1 Å². The van der Waals surface area contributed by atoms with E-state index in [0.29, 0.717) is 21.7 Å². The number of para-hydroxylation sites is 1. The standard InChI is InChI=1S/C27H30ClF2N3O2/c1-14-18-12-19(16-10-7-11-17-20(28)13-31-23(16)17)21(29)22(30)24(18)33-27(2,3)25(14)35-26(34)32-15-8-5-4-6-9-15/h7,10-15,25,31,33H,4-6,8-9H2,1-3H3,(H,32,34)/t14-,25?/m0/s1. The van der Waals surface area contributed by atoms with E-state index in [0.717, 1.165) is 31.1 Å². The van der Waals surface area contributed by atoms with Gasteiger partial charge in [0.2, 0.25) is 0 Å². The summed E-state index contributed by atoms with van der Waals surface area (Å²) < 4.78 is 36.8. The van der Waals surface area contributed by atoms with Gasteiger partial charge in [-0.25, -0.2) is 13.6 Å². The first-order valence-electron chi connectivity index (χ1n) is 12.2. The number of aromatic nitrogens is 1. The Labute approximate surface area is 208 Å². The van der Waals surface area contributed by atoms with Crippen molar-refractivity contribution in [2.75, 3.05) is 5.32 Å². The summed E-state index contributed by atoms with van der Waals surface area (Å²) in [7, 11) is 0. The van der Waals surface area contributed by atoms with E-state index in [9.17, 15) is 4.79 Å². The summed E-state index contributed by atoms with van der Waals surface area (Å²) in [5, 5.41) is 7.34. The molecule has 1 aliphatic carbocycles. The highest BCUT2D eigenvalue weighted by molar-refractivity contribution is 6.36. The van der Waals surface area contributed by atoms with Crippen LogP contribution in [0.15, 0.2) is 30.5 Å². The van der Waals surface area contributed by atoms with Crippen molar-refractivity contribution < 1.29 is 18.3 Å². The molecule has 2 aliphatic rings. The van der Waals surface area contributed by atoms with Crippen molar-refractivity contribution in [3.8, 4) is 11.1 Å². The van der Waals surface area contributed by atoms with Gasteiger partial charge in [-0.1, -0.05) is 56.0 Å². The second-order valence-corrected chi connectivity index (χ2v) is 10.7. The number of aromatic amines is 1. The number of nitrogens with one attached hydrogen (secondary N) is 3. The number of ether oxygens (including phenoxy) is 1. The lowest BCUT2D eigenvalue weighted by Crippen LogP contribution is -2.53. The molecular weight excluding hydrogens is 472 g/mol. The Bertz CT molecular complexity index is 1280. The second-order valence-electron chi connectivity index (χ2n) is 10.3. The molecule has 1 aliphatic heterocycles. The van der Waals surface area contributed by atoms with Crippen LogP contribution < -0.4 is 10.6 Å². The Morgan fingerprint density at radius 2 is 1.89 bits per heavy atom. The Morgan fingerprint density at radius 1 is 1.14 bits per heavy atom. The van der Waals surface area contributed by atoms with Crippen LogP contribution in [-0.4, -0.2) is 28.8 Å². The lowest BCUT2D eigenvalue weighted by atomic mass is 9.78. The van der Waals surface area contributed by atoms with Crippen LogP contribution in [-0.2, 0) is 4.74 Å². The third-order valence-corrected chi connectivity index (χ3v) is 7.77. The Kier molecular flexibility index (Phi) is 6.16. The van der Waals surface area contributed by atoms with Crippen molar-refractivity contribution in [2.45, 2.75) is 76.5 Å². The number of carbonyl (C=O) groups excluding carboxylic acids is 1. The van der Waals surface area contributed by atoms with Crippen LogP contribution in [0.5, 0.6) is 0 Å². The number of halogens is 3. The molecule has 2 heterocycles. The molecule has 3 N–H and O–H groups in total. The number of amides is 1. The fourth-order valence-electron chi connectivity index (χ4n) is 5.67. The maximum absolute atomic E-state index is 15.5. The van der Waals surface area contributed by atoms with Crippen molar-refractivity contribution in [1.82, 2.24) is 10.3 Å². The molecule has 8 heteroatoms. The zero-order valence-corrected chi connectivity index (χ0v) is 20.9. The van der Waals surface area contributed by atoms with Crippen LogP contribution in [0, 0.1) is 11.6 Å². The molecule has 3 aromatic rings. The van der Waals surface area contributed by atoms with Gasteiger partial charge in [0.25, 0.3) is 0 Å². The van der Waals surface area contributed by atoms with E-state index in [1.807, 2.05) is 26.8 Å². The van der Waals surface area contributed by atoms with Crippen LogP contribution in [0.25, 0.3) is 22.0 Å². The molecule has 1 amide bonds. The molecule has 1 fully saturated rings. The van der Waals surface area contributed by atoms with E-state index < -0.39 is 29.4 Å². The lowest BCUT2D eigenvalue weighted by Gasteiger charge is -2.44. The minimum atomic E-state index is -0.947. The number of alkyl carbamates (subject to hydrolysis) is 1. The molecular formula is C27H30ClF2N3O2. The zero-order chi connectivity index (χ0) is 24.9. The Hall–Kier alpha value is -2.80. The van der Waals surface area contributed by atoms with Gasteiger partial charge < -0.3 is 20.4 Å². The number of hydrogen-bond donors (Lipinski definition) is 3. The molecule has 0 saturated heterocycles. The van der Waals surface area contributed by atoms with E-state index in [1.54, 1.807) is 24.4 Å². The molecule has 35 heavy (non-hydrogen) atoms. The Balaban J connectivity index is 1.51. The summed E-state index contributed by atoms with van der Waals surface area (Å²) in [6, 6.07) is 7.09. The van der Waals surface area contributed by atoms with Crippen LogP contribution in [0.4, 0.5) is 19.3 Å². The average molecular weight is 502 g/mol. The Morgan fingerprint density at radius 3 is 2.63 bits per heavy atom. The van der Waals surface area contributed by atoms with Crippen LogP contribution in [0.1, 0.15) is 64.4 Å². The first-order valence-corrected chi connectivity index (χ1v) is 12.6. The van der Waals surface area contributed by atoms with E-state index in [2.05, 4.69) is 15.6 Å². The molecule has 0 radical (unpaired) electrons. The maximum atomic E-state index is 15.5. The smallest absolute Gasteiger partial charge is 0.407 e. The SMILES string of the molecule is C[C@H]1c2cc(-c3cccc4c(Cl)c[nH]c34)c(F)c(F)c2NC(C)(C)C1OC(=O)NC1CCCCC1. The molecule has 5 nitrogen and oxygen atoms in total. The van der Waals surface area contributed by atoms with Gasteiger partial charge in [0, 0.05) is 34.7 Å². The number of benzene rings is 2. The number of fused-ring (bicyclic) bond motifs is 2. The van der Waals surface area contributed by atoms with Gasteiger partial charge in [-0.05, 0) is 38.3 Å². The molecule has 1 saturated carbocycles. The number of hydrogen-bond acceptors (Lipinski definition) is 3. The third kappa shape index (κ3) is 4.24. The highest BCUT2D eigenvalue weighted by Gasteiger charge is 2.44. The lowest BCUT2D eigenvalue weighted by molar-refractivity contribution is 0.0444. The first-order chi connectivity index (χ1) is 16.7. The molecule has 1 aromatic heterocycles. The minimum absolute atomic E-state index is 0.105. The van der Waals surface area contributed by atoms with E-state index in [1.165, 1.54) is 6.42 Å². The predicted octanol–water partition coefficient (Wildman–Crippen LogP) is 7.50. The van der Waals surface area contributed by atoms with Crippen LogP contribution in [0.2, 0.25) is 5.02 Å². The summed E-state index contributed by atoms with van der Waals surface area (Å²) in [5.41, 5.74) is 1.13. The van der Waals surface area contributed by atoms with Crippen LogP contribution in [0.3, 0.4) is 0 Å². The average Bonchev–Trinajstić information content (AvgIpc) is 3.21. The van der Waals surface area contributed by atoms with Gasteiger partial charge in [0.05, 0.1) is 21.8 Å². The molecule has 2 aromatic carbocycles. The van der Waals surface area contributed by atoms with Crippen molar-refractivity contribution in [2.24, 2.45) is 0 Å².